The van der Waals surface area contributed by atoms with Crippen LogP contribution in [-0.4, -0.2) is 38.7 Å². The van der Waals surface area contributed by atoms with Crippen LogP contribution < -0.4 is 10.1 Å². The molecule has 1 aromatic carbocycles. The van der Waals surface area contributed by atoms with Gasteiger partial charge in [0.25, 0.3) is 0 Å². The predicted molar refractivity (Wildman–Crippen MR) is 77.1 cm³/mol. The molecule has 0 saturated carbocycles. The summed E-state index contributed by atoms with van der Waals surface area (Å²) in [6.45, 7) is 6.47. The minimum atomic E-state index is 0.942. The smallest absolute Gasteiger partial charge is 0.123 e. The quantitative estimate of drug-likeness (QED) is 0.682. The first-order valence-electron chi connectivity index (χ1n) is 6.79. The summed E-state index contributed by atoms with van der Waals surface area (Å²) in [4.78, 5) is 2.34. The van der Waals surface area contributed by atoms with Crippen molar-refractivity contribution in [3.8, 4) is 5.75 Å². The Kier molecular flexibility index (Phi) is 7.46. The molecule has 1 aromatic rings. The fourth-order valence-corrected chi connectivity index (χ4v) is 1.98. The second-order valence-corrected chi connectivity index (χ2v) is 4.65. The van der Waals surface area contributed by atoms with Gasteiger partial charge in [0.1, 0.15) is 5.75 Å². The fraction of sp³-hybridized carbons (Fsp3) is 0.600. The summed E-state index contributed by atoms with van der Waals surface area (Å²) in [6.07, 6.45) is 2.39. The van der Waals surface area contributed by atoms with Crippen LogP contribution in [0.2, 0.25) is 0 Å². The zero-order valence-corrected chi connectivity index (χ0v) is 11.9. The lowest BCUT2D eigenvalue weighted by Crippen LogP contribution is -2.24. The number of ether oxygens (including phenoxy) is 1. The molecule has 3 heteroatoms. The fourth-order valence-electron chi connectivity index (χ4n) is 1.98. The van der Waals surface area contributed by atoms with Crippen LogP contribution in [0.4, 0.5) is 0 Å². The van der Waals surface area contributed by atoms with E-state index in [0.717, 1.165) is 31.9 Å². The lowest BCUT2D eigenvalue weighted by molar-refractivity contribution is 0.311. The van der Waals surface area contributed by atoms with Crippen molar-refractivity contribution in [2.45, 2.75) is 26.3 Å². The summed E-state index contributed by atoms with van der Waals surface area (Å²) in [5.41, 5.74) is 1.25. The molecule has 0 unspecified atom stereocenters. The van der Waals surface area contributed by atoms with E-state index in [1.165, 1.54) is 18.4 Å². The maximum atomic E-state index is 5.36. The molecule has 3 nitrogen and oxygen atoms in total. The van der Waals surface area contributed by atoms with E-state index in [9.17, 15) is 0 Å². The molecule has 0 amide bonds. The number of rotatable bonds is 9. The Morgan fingerprint density at radius 1 is 1.22 bits per heavy atom. The van der Waals surface area contributed by atoms with Crippen molar-refractivity contribution in [3.63, 3.8) is 0 Å². The summed E-state index contributed by atoms with van der Waals surface area (Å²) < 4.78 is 5.36. The molecule has 0 aliphatic heterocycles. The van der Waals surface area contributed by atoms with Gasteiger partial charge in [-0.3, -0.25) is 0 Å². The van der Waals surface area contributed by atoms with Crippen molar-refractivity contribution in [2.75, 3.05) is 33.8 Å². The average Bonchev–Trinajstić information content (AvgIpc) is 2.39. The lowest BCUT2D eigenvalue weighted by atomic mass is 10.2. The second kappa shape index (κ2) is 8.95. The molecule has 0 aliphatic carbocycles. The van der Waals surface area contributed by atoms with Crippen LogP contribution in [0.15, 0.2) is 24.3 Å². The lowest BCUT2D eigenvalue weighted by Gasteiger charge is -2.18. The van der Waals surface area contributed by atoms with Crippen LogP contribution in [0.25, 0.3) is 0 Å². The standard InChI is InChI=1S/C15H26N2O/c1-4-10-16-11-7-12-17(2)13-14-8-5-6-9-15(14)18-3/h5-6,8-9,16H,4,7,10-13H2,1-3H3. The zero-order chi connectivity index (χ0) is 13.2. The highest BCUT2D eigenvalue weighted by Gasteiger charge is 2.04. The minimum absolute atomic E-state index is 0.942. The maximum Gasteiger partial charge on any atom is 0.123 e. The van der Waals surface area contributed by atoms with Crippen molar-refractivity contribution >= 4 is 0 Å². The molecule has 0 atom stereocenters. The van der Waals surface area contributed by atoms with Crippen LogP contribution in [0.1, 0.15) is 25.3 Å². The summed E-state index contributed by atoms with van der Waals surface area (Å²) in [6, 6.07) is 8.22. The predicted octanol–water partition coefficient (Wildman–Crippen LogP) is 2.52. The second-order valence-electron chi connectivity index (χ2n) is 4.65. The van der Waals surface area contributed by atoms with Gasteiger partial charge in [0.05, 0.1) is 7.11 Å². The molecule has 0 heterocycles. The van der Waals surface area contributed by atoms with Gasteiger partial charge in [0.15, 0.2) is 0 Å². The molecular formula is C15H26N2O. The van der Waals surface area contributed by atoms with E-state index in [0.29, 0.717) is 0 Å². The van der Waals surface area contributed by atoms with Gasteiger partial charge >= 0.3 is 0 Å². The minimum Gasteiger partial charge on any atom is -0.496 e. The first kappa shape index (κ1) is 15.0. The van der Waals surface area contributed by atoms with Crippen LogP contribution in [0.3, 0.4) is 0 Å². The van der Waals surface area contributed by atoms with Crippen LogP contribution in [0.5, 0.6) is 5.75 Å². The van der Waals surface area contributed by atoms with Gasteiger partial charge in [-0.15, -0.1) is 0 Å². The van der Waals surface area contributed by atoms with Crippen molar-refractivity contribution in [1.82, 2.24) is 10.2 Å². The van der Waals surface area contributed by atoms with Crippen LogP contribution >= 0.6 is 0 Å². The number of nitrogens with one attached hydrogen (secondary N) is 1. The normalized spacial score (nSPS) is 10.9. The summed E-state index contributed by atoms with van der Waals surface area (Å²) in [5, 5.41) is 3.43. The van der Waals surface area contributed by atoms with Gasteiger partial charge in [0.2, 0.25) is 0 Å². The molecule has 18 heavy (non-hydrogen) atoms. The molecule has 0 saturated heterocycles. The molecule has 0 radical (unpaired) electrons. The van der Waals surface area contributed by atoms with Gasteiger partial charge in [0, 0.05) is 12.1 Å². The van der Waals surface area contributed by atoms with Gasteiger partial charge in [-0.25, -0.2) is 0 Å². The van der Waals surface area contributed by atoms with Crippen LogP contribution in [-0.2, 0) is 6.54 Å². The Balaban J connectivity index is 2.28. The summed E-state index contributed by atoms with van der Waals surface area (Å²) in [5.74, 6) is 0.980. The molecule has 0 spiro atoms. The monoisotopic (exact) mass is 250 g/mol. The zero-order valence-electron chi connectivity index (χ0n) is 11.9. The van der Waals surface area contributed by atoms with Gasteiger partial charge < -0.3 is 15.0 Å². The number of hydrogen-bond acceptors (Lipinski definition) is 3. The van der Waals surface area contributed by atoms with E-state index in [1.807, 2.05) is 12.1 Å². The van der Waals surface area contributed by atoms with Crippen LogP contribution in [0, 0.1) is 0 Å². The molecule has 0 aliphatic rings. The van der Waals surface area contributed by atoms with Crippen molar-refractivity contribution in [2.24, 2.45) is 0 Å². The molecule has 1 rings (SSSR count). The maximum absolute atomic E-state index is 5.36. The third-order valence-electron chi connectivity index (χ3n) is 2.95. The SMILES string of the molecule is CCCNCCCN(C)Cc1ccccc1OC. The molecule has 0 bridgehead atoms. The number of nitrogens with zero attached hydrogens (tertiary/aromatic N) is 1. The first-order chi connectivity index (χ1) is 8.77. The van der Waals surface area contributed by atoms with E-state index in [2.05, 4.69) is 36.3 Å². The average molecular weight is 250 g/mol. The molecule has 102 valence electrons. The highest BCUT2D eigenvalue weighted by atomic mass is 16.5. The van der Waals surface area contributed by atoms with Crippen molar-refractivity contribution in [1.29, 1.82) is 0 Å². The Hall–Kier alpha value is -1.06. The van der Waals surface area contributed by atoms with Gasteiger partial charge in [-0.05, 0) is 45.6 Å². The van der Waals surface area contributed by atoms with E-state index in [4.69, 9.17) is 4.74 Å². The van der Waals surface area contributed by atoms with Gasteiger partial charge in [-0.2, -0.15) is 0 Å². The van der Waals surface area contributed by atoms with Crippen molar-refractivity contribution < 1.29 is 4.74 Å². The molecule has 1 N–H and O–H groups in total. The van der Waals surface area contributed by atoms with E-state index < -0.39 is 0 Å². The number of methoxy groups -OCH3 is 1. The van der Waals surface area contributed by atoms with Crippen molar-refractivity contribution in [3.05, 3.63) is 29.8 Å². The molecule has 0 aromatic heterocycles. The third-order valence-corrected chi connectivity index (χ3v) is 2.95. The molecule has 0 fully saturated rings. The number of para-hydroxylation sites is 1. The van der Waals surface area contributed by atoms with E-state index in [1.54, 1.807) is 7.11 Å². The number of hydrogen-bond donors (Lipinski definition) is 1. The van der Waals surface area contributed by atoms with Gasteiger partial charge in [-0.1, -0.05) is 25.1 Å². The highest BCUT2D eigenvalue weighted by Crippen LogP contribution is 2.18. The van der Waals surface area contributed by atoms with E-state index >= 15 is 0 Å². The Morgan fingerprint density at radius 3 is 2.72 bits per heavy atom. The molecular weight excluding hydrogens is 224 g/mol. The Labute approximate surface area is 111 Å². The Bertz CT molecular complexity index is 328. The summed E-state index contributed by atoms with van der Waals surface area (Å²) in [7, 11) is 3.89. The third kappa shape index (κ3) is 5.52. The van der Waals surface area contributed by atoms with E-state index in [-0.39, 0.29) is 0 Å². The number of benzene rings is 1. The Morgan fingerprint density at radius 2 is 2.00 bits per heavy atom. The first-order valence-corrected chi connectivity index (χ1v) is 6.79. The highest BCUT2D eigenvalue weighted by molar-refractivity contribution is 5.32. The largest absolute Gasteiger partial charge is 0.496 e. The summed E-state index contributed by atoms with van der Waals surface area (Å²) >= 11 is 0. The topological polar surface area (TPSA) is 24.5 Å².